The predicted octanol–water partition coefficient (Wildman–Crippen LogP) is -8.94. The van der Waals surface area contributed by atoms with Crippen LogP contribution in [0.5, 0.6) is 11.5 Å². The summed E-state index contributed by atoms with van der Waals surface area (Å²) in [7, 11) is 0. The van der Waals surface area contributed by atoms with Crippen molar-refractivity contribution in [1.29, 1.82) is 0 Å². The summed E-state index contributed by atoms with van der Waals surface area (Å²) in [6, 6.07) is -13.2. The molecule has 2 saturated heterocycles. The lowest BCUT2D eigenvalue weighted by atomic mass is 10.0. The van der Waals surface area contributed by atoms with Crippen molar-refractivity contribution in [3.63, 3.8) is 0 Å². The van der Waals surface area contributed by atoms with Gasteiger partial charge in [0.05, 0.1) is 38.5 Å². The fourth-order valence-corrected chi connectivity index (χ4v) is 15.9. The van der Waals surface area contributed by atoms with E-state index in [1.807, 2.05) is 0 Å². The second-order valence-electron chi connectivity index (χ2n) is 37.0. The molecule has 38 N–H and O–H groups in total. The Hall–Kier alpha value is -12.6. The number of guanidine groups is 2. The Bertz CT molecular complexity index is 4370. The van der Waals surface area contributed by atoms with E-state index in [-0.39, 0.29) is 111 Å². The number of aliphatic hydroxyl groups is 4. The highest BCUT2D eigenvalue weighted by molar-refractivity contribution is 7.80. The number of amides is 16. The average molecular weight is 2100 g/mol. The van der Waals surface area contributed by atoms with E-state index in [0.717, 1.165) is 0 Å². The largest absolute Gasteiger partial charge is 0.508 e. The van der Waals surface area contributed by atoms with Crippen molar-refractivity contribution in [2.45, 2.75) is 280 Å². The molecule has 52 nitrogen and oxygen atoms in total. The molecule has 0 aliphatic carbocycles. The first-order chi connectivity index (χ1) is 68.9. The van der Waals surface area contributed by atoms with Crippen molar-refractivity contribution in [1.82, 2.24) is 84.2 Å². The molecule has 2 aromatic rings. The molecule has 54 heteroatoms. The first kappa shape index (κ1) is 128. The number of nitrogens with one attached hydrogen (secondary N) is 14. The zero-order chi connectivity index (χ0) is 110. The second kappa shape index (κ2) is 66.5. The number of aliphatic hydroxyl groups excluding tert-OH is 4. The van der Waals surface area contributed by atoms with Gasteiger partial charge < -0.3 is 171 Å². The molecule has 0 radical (unpaired) electrons. The number of hydrogen-bond acceptors (Lipinski definition) is 32. The fraction of sp³-hybridized carbons (Fsp3) is 0.652. The van der Waals surface area contributed by atoms with E-state index >= 15 is 0 Å². The Balaban J connectivity index is 0.000000750. The zero-order valence-corrected chi connectivity index (χ0v) is 85.6. The summed E-state index contributed by atoms with van der Waals surface area (Å²) in [4.78, 5) is 252. The van der Waals surface area contributed by atoms with E-state index in [2.05, 4.69) is 110 Å². The first-order valence-corrected chi connectivity index (χ1v) is 49.8. The molecule has 4 rings (SSSR count). The Morgan fingerprint density at radius 1 is 0.356 bits per heavy atom. The Morgan fingerprint density at radius 3 is 0.884 bits per heavy atom. The van der Waals surface area contributed by atoms with Crippen LogP contribution in [0, 0.1) is 23.7 Å². The van der Waals surface area contributed by atoms with Crippen LogP contribution in [-0.2, 0) is 99.1 Å². The van der Waals surface area contributed by atoms with E-state index in [1.165, 1.54) is 58.3 Å². The van der Waals surface area contributed by atoms with E-state index < -0.39 is 253 Å². The highest BCUT2D eigenvalue weighted by Crippen LogP contribution is 2.24. The third kappa shape index (κ3) is 44.8. The van der Waals surface area contributed by atoms with Crippen molar-refractivity contribution in [2.24, 2.45) is 79.5 Å². The van der Waals surface area contributed by atoms with E-state index in [4.69, 9.17) is 45.9 Å². The maximum atomic E-state index is 14.0. The maximum Gasteiger partial charge on any atom is 0.327 e. The quantitative estimate of drug-likeness (QED) is 0.0127. The van der Waals surface area contributed by atoms with Crippen LogP contribution >= 0.6 is 25.3 Å². The number of phenols is 2. The molecular formula is C92H154N26O26S2. The number of aliphatic carboxylic acids is 2. The first-order valence-electron chi connectivity index (χ1n) is 48.5. The predicted molar refractivity (Wildman–Crippen MR) is 542 cm³/mol. The molecule has 820 valence electrons. The Morgan fingerprint density at radius 2 is 0.616 bits per heavy atom. The SMILES string of the molecule is CC(C)C[C@H](NC(=O)[C@H](CO)NC(=O)[C@@H](NC(=O)[C@@H]1CCCN1C(=O)[C@@H](N)CCCCN)C(C)C)C(=O)N[C@@H](CO)C(=O)N[C@@H](Cc1ccc(O)cc1)C(=O)N[C@@H](CCCN=C(N)N)C(=O)N[C@@H](CS)C(=O)O.CC(C)C[C@H](NC(=O)[C@H](CO)NC(=O)[C@@H](NC(=O)[C@@H]1CCCN1C(=O)[C@@H](N)CCCCN)C(C)C)C(=O)N[C@@H](CO)C(=O)N[C@@H](Cc1ccc(O)cc1)C(=O)N[C@@H](CCCN=C(N)N)C(=O)N[C@@H](CS)C(=O)O. The fourth-order valence-electron chi connectivity index (χ4n) is 15.4. The normalized spacial score (nSPS) is 16.6. The standard InChI is InChI=1S/2C46H77N13O13S/c2*1-24(2)19-30(53-41(67)33(22-61)56-43(69)36(25(3)4)58-42(68)35-11-8-18-59(35)44(70)28(48)9-5-6-16-47)38(64)55-32(21-60)40(66)54-31(20-26-12-14-27(62)15-13-26)39(65)52-29(10-7-17-51-46(49)50)37(63)57-34(23-73)45(71)72/h2*12-15,24-25,28-36,60-62,73H,5-11,16-23,47-48H2,1-4H3,(H,52,65)(H,53,67)(H,54,66)(H,55,64)(H,56,69)(H,57,63)(H,58,68)(H,71,72)(H4,49,50,51)/t2*28-,29-,30-,31-,32-,33-,34-,35-,36-/m00/s1. The summed E-state index contributed by atoms with van der Waals surface area (Å²) in [5, 5.41) is 115. The minimum absolute atomic E-state index is 0.0340. The average Bonchev–Trinajstić information content (AvgIpc) is 1.67. The number of rotatable bonds is 64. The number of aliphatic imine (C=N–C) groups is 2. The monoisotopic (exact) mass is 2100 g/mol. The van der Waals surface area contributed by atoms with Crippen molar-refractivity contribution >= 4 is 144 Å². The lowest BCUT2D eigenvalue weighted by molar-refractivity contribution is -0.142. The number of nitrogens with zero attached hydrogens (tertiary/aromatic N) is 4. The molecule has 0 spiro atoms. The van der Waals surface area contributed by atoms with Gasteiger partial charge in [-0.2, -0.15) is 25.3 Å². The van der Waals surface area contributed by atoms with Crippen LogP contribution in [0.1, 0.15) is 169 Å². The number of carbonyl (C=O) groups excluding carboxylic acids is 16. The minimum atomic E-state index is -1.75. The van der Waals surface area contributed by atoms with Gasteiger partial charge in [0, 0.05) is 50.5 Å². The Labute approximate surface area is 858 Å². The van der Waals surface area contributed by atoms with Crippen LogP contribution in [0.3, 0.4) is 0 Å². The number of carboxylic acid groups (broad SMARTS) is 2. The van der Waals surface area contributed by atoms with Crippen LogP contribution in [0.2, 0.25) is 0 Å². The van der Waals surface area contributed by atoms with Gasteiger partial charge in [0.2, 0.25) is 94.5 Å². The molecule has 0 aromatic heterocycles. The number of aromatic hydroxyl groups is 2. The smallest absolute Gasteiger partial charge is 0.327 e. The lowest BCUT2D eigenvalue weighted by Crippen LogP contribution is -2.62. The number of unbranched alkanes of at least 4 members (excludes halogenated alkanes) is 2. The molecule has 2 aliphatic rings. The van der Waals surface area contributed by atoms with Crippen molar-refractivity contribution in [2.75, 3.05) is 77.2 Å². The number of nitrogens with two attached hydrogens (primary N) is 8. The van der Waals surface area contributed by atoms with Crippen LogP contribution in [0.25, 0.3) is 0 Å². The number of carbonyl (C=O) groups is 18. The zero-order valence-electron chi connectivity index (χ0n) is 83.8. The number of carboxylic acids is 2. The van der Waals surface area contributed by atoms with E-state index in [0.29, 0.717) is 102 Å². The number of hydrogen-bond donors (Lipinski definition) is 32. The highest BCUT2D eigenvalue weighted by Gasteiger charge is 2.44. The summed E-state index contributed by atoms with van der Waals surface area (Å²) in [6.07, 6.45) is 4.58. The van der Waals surface area contributed by atoms with Crippen molar-refractivity contribution < 1.29 is 127 Å². The van der Waals surface area contributed by atoms with Crippen molar-refractivity contribution in [3.8, 4) is 11.5 Å². The second-order valence-corrected chi connectivity index (χ2v) is 37.8. The molecule has 0 bridgehead atoms. The molecule has 0 unspecified atom stereocenters. The Kier molecular flexibility index (Phi) is 58.1. The molecule has 2 fully saturated rings. The van der Waals surface area contributed by atoms with E-state index in [9.17, 15) is 127 Å². The van der Waals surface area contributed by atoms with Crippen LogP contribution in [-0.4, -0.2) is 355 Å². The van der Waals surface area contributed by atoms with Crippen molar-refractivity contribution in [3.05, 3.63) is 59.7 Å². The van der Waals surface area contributed by atoms with Gasteiger partial charge in [-0.05, 0) is 162 Å². The van der Waals surface area contributed by atoms with Crippen LogP contribution < -0.4 is 120 Å². The molecule has 2 aromatic carbocycles. The summed E-state index contributed by atoms with van der Waals surface area (Å²) in [6.45, 7) is 11.1. The van der Waals surface area contributed by atoms with Crippen LogP contribution in [0.4, 0.5) is 0 Å². The van der Waals surface area contributed by atoms with Gasteiger partial charge in [-0.1, -0.05) is 92.5 Å². The third-order valence-electron chi connectivity index (χ3n) is 23.5. The van der Waals surface area contributed by atoms with Gasteiger partial charge in [0.25, 0.3) is 0 Å². The number of likely N-dealkylation sites (tertiary alicyclic amines) is 2. The molecule has 0 saturated carbocycles. The summed E-state index contributed by atoms with van der Waals surface area (Å²) < 4.78 is 0. The third-order valence-corrected chi connectivity index (χ3v) is 24.2. The number of benzene rings is 2. The van der Waals surface area contributed by atoms with Gasteiger partial charge in [-0.3, -0.25) is 86.7 Å². The van der Waals surface area contributed by atoms with Gasteiger partial charge in [0.1, 0.15) is 108 Å². The minimum Gasteiger partial charge on any atom is -0.508 e. The molecular weight excluding hydrogens is 1950 g/mol. The highest BCUT2D eigenvalue weighted by atomic mass is 32.1. The topological polar surface area (TPSA) is 877 Å². The molecule has 146 heavy (non-hydrogen) atoms. The molecule has 18 atom stereocenters. The van der Waals surface area contributed by atoms with Gasteiger partial charge >= 0.3 is 11.9 Å². The lowest BCUT2D eigenvalue weighted by Gasteiger charge is -2.30. The molecule has 16 amide bonds. The van der Waals surface area contributed by atoms with Gasteiger partial charge in [0.15, 0.2) is 11.9 Å². The van der Waals surface area contributed by atoms with Gasteiger partial charge in [-0.25, -0.2) is 9.59 Å². The summed E-state index contributed by atoms with van der Waals surface area (Å²) in [5.41, 5.74) is 45.8. The molecule has 2 aliphatic heterocycles. The van der Waals surface area contributed by atoms with Gasteiger partial charge in [-0.15, -0.1) is 0 Å². The summed E-state index contributed by atoms with van der Waals surface area (Å²) in [5.74, 6) is -19.2. The van der Waals surface area contributed by atoms with Crippen LogP contribution in [0.15, 0.2) is 58.5 Å². The maximum absolute atomic E-state index is 14.0. The van der Waals surface area contributed by atoms with E-state index in [1.54, 1.807) is 55.4 Å². The summed E-state index contributed by atoms with van der Waals surface area (Å²) >= 11 is 7.94. The number of thiol groups is 2. The molecule has 2 heterocycles. The number of phenolic OH excluding ortho intramolecular Hbond substituents is 2.